The Kier molecular flexibility index (Phi) is 2.71. The lowest BCUT2D eigenvalue weighted by atomic mass is 10.2. The molecule has 0 radical (unpaired) electrons. The van der Waals surface area contributed by atoms with Gasteiger partial charge in [0.25, 0.3) is 0 Å². The maximum absolute atomic E-state index is 11.7. The molecule has 1 aromatic heterocycles. The second-order valence-corrected chi connectivity index (χ2v) is 4.46. The lowest BCUT2D eigenvalue weighted by Gasteiger charge is -1.93. The number of hydrogen-bond donors (Lipinski definition) is 0. The lowest BCUT2D eigenvalue weighted by molar-refractivity contribution is -0.750. The summed E-state index contributed by atoms with van der Waals surface area (Å²) in [6, 6.07) is 5.83. The van der Waals surface area contributed by atoms with Crippen molar-refractivity contribution < 1.29 is 14.2 Å². The minimum absolute atomic E-state index is 0.328. The second kappa shape index (κ2) is 3.90. The molecule has 0 amide bonds. The maximum Gasteiger partial charge on any atom is 0.406 e. The van der Waals surface area contributed by atoms with Crippen LogP contribution < -0.4 is 4.68 Å². The second-order valence-electron chi connectivity index (χ2n) is 3.55. The number of methoxy groups -OCH3 is 1. The topological polar surface area (TPSA) is 35.1 Å². The Morgan fingerprint density at radius 1 is 1.50 bits per heavy atom. The number of carbonyl (C=O) groups is 1. The molecule has 16 heavy (non-hydrogen) atoms. The first kappa shape index (κ1) is 11.1. The van der Waals surface area contributed by atoms with Crippen molar-refractivity contribution in [2.24, 2.45) is 14.1 Å². The van der Waals surface area contributed by atoms with Crippen molar-refractivity contribution in [2.75, 3.05) is 7.11 Å². The van der Waals surface area contributed by atoms with Crippen molar-refractivity contribution in [2.45, 2.75) is 0 Å². The Bertz CT molecular complexity index is 575. The van der Waals surface area contributed by atoms with E-state index in [9.17, 15) is 4.79 Å². The fraction of sp³-hybridized carbons (Fsp3) is 0.273. The Morgan fingerprint density at radius 3 is 2.81 bits per heavy atom. The van der Waals surface area contributed by atoms with Crippen LogP contribution in [0.1, 0.15) is 10.5 Å². The van der Waals surface area contributed by atoms with Crippen LogP contribution in [0.5, 0.6) is 0 Å². The third-order valence-electron chi connectivity index (χ3n) is 2.71. The van der Waals surface area contributed by atoms with Gasteiger partial charge < -0.3 is 4.74 Å². The van der Waals surface area contributed by atoms with E-state index in [0.717, 1.165) is 15.4 Å². The number of aromatic nitrogens is 2. The number of halogens is 1. The van der Waals surface area contributed by atoms with Gasteiger partial charge in [0.15, 0.2) is 7.05 Å². The fourth-order valence-corrected chi connectivity index (χ4v) is 2.17. The first-order valence-corrected chi connectivity index (χ1v) is 5.58. The number of hydrogen-bond acceptors (Lipinski definition) is 2. The summed E-state index contributed by atoms with van der Waals surface area (Å²) in [7, 11) is 5.13. The molecule has 0 aliphatic heterocycles. The summed E-state index contributed by atoms with van der Waals surface area (Å²) in [5, 5.41) is 0.881. The molecule has 0 bridgehead atoms. The highest BCUT2D eigenvalue weighted by Gasteiger charge is 2.27. The highest BCUT2D eigenvalue weighted by Crippen LogP contribution is 2.21. The summed E-state index contributed by atoms with van der Waals surface area (Å²) in [5.74, 6) is -0.328. The average molecular weight is 284 g/mol. The molecule has 0 spiro atoms. The zero-order valence-electron chi connectivity index (χ0n) is 9.32. The summed E-state index contributed by atoms with van der Waals surface area (Å²) >= 11 is 3.40. The number of aryl methyl sites for hydroxylation is 1. The summed E-state index contributed by atoms with van der Waals surface area (Å²) < 4.78 is 9.42. The van der Waals surface area contributed by atoms with E-state index in [1.165, 1.54) is 7.11 Å². The first-order valence-electron chi connectivity index (χ1n) is 4.79. The molecule has 0 saturated carbocycles. The normalized spacial score (nSPS) is 10.8. The number of benzene rings is 1. The average Bonchev–Trinajstić information content (AvgIpc) is 2.51. The number of carbonyl (C=O) groups excluding carboxylic acids is 1. The molecule has 0 saturated heterocycles. The minimum atomic E-state index is -0.328. The lowest BCUT2D eigenvalue weighted by Crippen LogP contribution is -2.42. The van der Waals surface area contributed by atoms with Crippen molar-refractivity contribution in [1.29, 1.82) is 0 Å². The van der Waals surface area contributed by atoms with Crippen molar-refractivity contribution in [3.8, 4) is 0 Å². The van der Waals surface area contributed by atoms with Gasteiger partial charge in [-0.25, -0.2) is 4.79 Å². The highest BCUT2D eigenvalue weighted by molar-refractivity contribution is 9.10. The van der Waals surface area contributed by atoms with Gasteiger partial charge in [0, 0.05) is 4.47 Å². The van der Waals surface area contributed by atoms with E-state index in [1.807, 2.05) is 37.0 Å². The van der Waals surface area contributed by atoms with Crippen LogP contribution in [0.15, 0.2) is 22.7 Å². The SMILES string of the molecule is COC(=O)c1c2cc(Br)ccc2n(C)[n+]1C. The van der Waals surface area contributed by atoms with Gasteiger partial charge in [0.2, 0.25) is 0 Å². The van der Waals surface area contributed by atoms with Gasteiger partial charge in [-0.1, -0.05) is 15.9 Å². The summed E-state index contributed by atoms with van der Waals surface area (Å²) in [6.07, 6.45) is 0. The van der Waals surface area contributed by atoms with Crippen molar-refractivity contribution >= 4 is 32.8 Å². The van der Waals surface area contributed by atoms with E-state index >= 15 is 0 Å². The monoisotopic (exact) mass is 283 g/mol. The van der Waals surface area contributed by atoms with Crippen LogP contribution in [0.25, 0.3) is 10.9 Å². The largest absolute Gasteiger partial charge is 0.461 e. The van der Waals surface area contributed by atoms with Crippen LogP contribution in [0.4, 0.5) is 0 Å². The molecule has 0 aliphatic carbocycles. The van der Waals surface area contributed by atoms with E-state index in [4.69, 9.17) is 4.74 Å². The molecule has 0 atom stereocenters. The molecular formula is C11H12BrN2O2+. The van der Waals surface area contributed by atoms with Gasteiger partial charge in [0.1, 0.15) is 5.52 Å². The van der Waals surface area contributed by atoms with Crippen LogP contribution in [-0.4, -0.2) is 17.8 Å². The number of nitrogens with zero attached hydrogens (tertiary/aromatic N) is 2. The number of esters is 1. The van der Waals surface area contributed by atoms with E-state index in [1.54, 1.807) is 4.68 Å². The van der Waals surface area contributed by atoms with Gasteiger partial charge in [-0.15, -0.1) is 4.68 Å². The number of rotatable bonds is 1. The molecule has 84 valence electrons. The van der Waals surface area contributed by atoms with Crippen LogP contribution in [-0.2, 0) is 18.8 Å². The van der Waals surface area contributed by atoms with Gasteiger partial charge >= 0.3 is 11.7 Å². The van der Waals surface area contributed by atoms with Crippen LogP contribution >= 0.6 is 15.9 Å². The molecule has 1 aromatic carbocycles. The third kappa shape index (κ3) is 1.51. The van der Waals surface area contributed by atoms with Gasteiger partial charge in [-0.05, 0) is 18.2 Å². The molecule has 2 rings (SSSR count). The quantitative estimate of drug-likeness (QED) is 0.588. The molecule has 0 N–H and O–H groups in total. The minimum Gasteiger partial charge on any atom is -0.461 e. The highest BCUT2D eigenvalue weighted by atomic mass is 79.9. The van der Waals surface area contributed by atoms with Crippen LogP contribution in [0.3, 0.4) is 0 Å². The van der Waals surface area contributed by atoms with E-state index < -0.39 is 0 Å². The van der Waals surface area contributed by atoms with Crippen molar-refractivity contribution in [3.05, 3.63) is 28.4 Å². The predicted octanol–water partition coefficient (Wildman–Crippen LogP) is 1.55. The molecule has 0 unspecified atom stereocenters. The molecule has 0 fully saturated rings. The zero-order chi connectivity index (χ0) is 11.9. The van der Waals surface area contributed by atoms with Crippen molar-refractivity contribution in [1.82, 2.24) is 4.68 Å². The zero-order valence-corrected chi connectivity index (χ0v) is 10.9. The summed E-state index contributed by atoms with van der Waals surface area (Å²) in [6.45, 7) is 0. The van der Waals surface area contributed by atoms with E-state index in [0.29, 0.717) is 5.69 Å². The van der Waals surface area contributed by atoms with Crippen molar-refractivity contribution in [3.63, 3.8) is 0 Å². The van der Waals surface area contributed by atoms with Gasteiger partial charge in [-0.3, -0.25) is 0 Å². The molecule has 1 heterocycles. The smallest absolute Gasteiger partial charge is 0.406 e. The standard InChI is InChI=1S/C11H12BrN2O2/c1-13-9-5-4-7(12)6-8(9)10(14(13)2)11(15)16-3/h4-6H,1-3H3/q+1. The molecule has 2 aromatic rings. The molecule has 5 heteroatoms. The Hall–Kier alpha value is -1.36. The number of ether oxygens (including phenoxy) is 1. The fourth-order valence-electron chi connectivity index (χ4n) is 1.80. The van der Waals surface area contributed by atoms with E-state index in [-0.39, 0.29) is 5.97 Å². The Balaban J connectivity index is 2.85. The molecule has 0 aliphatic rings. The number of fused-ring (bicyclic) bond motifs is 1. The van der Waals surface area contributed by atoms with Crippen LogP contribution in [0, 0.1) is 0 Å². The summed E-state index contributed by atoms with van der Waals surface area (Å²) in [5.41, 5.74) is 1.55. The molecular weight excluding hydrogens is 272 g/mol. The van der Waals surface area contributed by atoms with E-state index in [2.05, 4.69) is 15.9 Å². The predicted molar refractivity (Wildman–Crippen MR) is 63.1 cm³/mol. The first-order chi connectivity index (χ1) is 7.56. The Labute approximate surface area is 102 Å². The van der Waals surface area contributed by atoms with Gasteiger partial charge in [0.05, 0.1) is 19.5 Å². The maximum atomic E-state index is 11.7. The Morgan fingerprint density at radius 2 is 2.19 bits per heavy atom. The third-order valence-corrected chi connectivity index (χ3v) is 3.21. The summed E-state index contributed by atoms with van der Waals surface area (Å²) in [4.78, 5) is 11.7. The van der Waals surface area contributed by atoms with Gasteiger partial charge in [-0.2, -0.15) is 4.68 Å². The van der Waals surface area contributed by atoms with Crippen LogP contribution in [0.2, 0.25) is 0 Å². The molecule has 4 nitrogen and oxygen atoms in total.